The largest absolute Gasteiger partial charge is 0.387 e. The Labute approximate surface area is 328 Å². The number of amides is 3. The summed E-state index contributed by atoms with van der Waals surface area (Å²) in [5, 5.41) is 38.2. The normalized spacial score (nSPS) is 44.6. The van der Waals surface area contributed by atoms with Crippen molar-refractivity contribution in [1.29, 1.82) is 0 Å². The molecule has 0 spiro atoms. The topological polar surface area (TPSA) is 180 Å². The van der Waals surface area contributed by atoms with Crippen molar-refractivity contribution >= 4 is 17.7 Å². The molecule has 0 aromatic carbocycles. The number of carbonyl (C=O) groups excluding carboxylic acids is 3. The number of likely N-dealkylation sites (N-methyl/N-ethyl adjacent to an activating group) is 2. The molecule has 0 aliphatic carbocycles. The van der Waals surface area contributed by atoms with E-state index in [2.05, 4.69) is 5.32 Å². The van der Waals surface area contributed by atoms with Crippen molar-refractivity contribution in [1.82, 2.24) is 20.0 Å². The van der Waals surface area contributed by atoms with E-state index in [1.165, 1.54) is 7.11 Å². The summed E-state index contributed by atoms with van der Waals surface area (Å²) in [5.74, 6) is -3.17. The average molecular weight is 785 g/mol. The van der Waals surface area contributed by atoms with Gasteiger partial charge in [-0.15, -0.1) is 0 Å². The molecule has 4 aliphatic heterocycles. The molecule has 55 heavy (non-hydrogen) atoms. The molecule has 0 radical (unpaired) electrons. The fourth-order valence-corrected chi connectivity index (χ4v) is 9.39. The van der Waals surface area contributed by atoms with Gasteiger partial charge in [0.25, 0.3) is 0 Å². The monoisotopic (exact) mass is 785 g/mol. The van der Waals surface area contributed by atoms with Gasteiger partial charge in [-0.2, -0.15) is 0 Å². The number of aliphatic hydroxyl groups excluding tert-OH is 2. The van der Waals surface area contributed by atoms with Gasteiger partial charge in [0.1, 0.15) is 24.3 Å². The van der Waals surface area contributed by atoms with E-state index < -0.39 is 84.1 Å². The third-order valence-corrected chi connectivity index (χ3v) is 12.6. The number of methoxy groups -OCH3 is 1. The van der Waals surface area contributed by atoms with Crippen LogP contribution in [0.1, 0.15) is 94.4 Å². The van der Waals surface area contributed by atoms with Gasteiger partial charge in [-0.3, -0.25) is 14.4 Å². The van der Waals surface area contributed by atoms with Gasteiger partial charge in [0.05, 0.1) is 41.5 Å². The first-order valence-electron chi connectivity index (χ1n) is 20.3. The number of carbonyl (C=O) groups is 3. The first-order valence-corrected chi connectivity index (χ1v) is 20.3. The molecule has 15 heteroatoms. The molecule has 4 fully saturated rings. The third kappa shape index (κ3) is 10.2. The maximum atomic E-state index is 14.5. The maximum absolute atomic E-state index is 14.5. The van der Waals surface area contributed by atoms with E-state index in [9.17, 15) is 29.7 Å². The minimum absolute atomic E-state index is 0.141. The van der Waals surface area contributed by atoms with Crippen LogP contribution < -0.4 is 5.32 Å². The number of fused-ring (bicyclic) bond motifs is 1. The van der Waals surface area contributed by atoms with Gasteiger partial charge in [-0.1, -0.05) is 34.6 Å². The van der Waals surface area contributed by atoms with E-state index in [4.69, 9.17) is 23.7 Å². The van der Waals surface area contributed by atoms with Gasteiger partial charge in [0.15, 0.2) is 12.6 Å². The Hall–Kier alpha value is -1.95. The number of aliphatic hydroxyl groups is 3. The lowest BCUT2D eigenvalue weighted by atomic mass is 9.77. The smallest absolute Gasteiger partial charge is 0.246 e. The molecule has 4 rings (SSSR count). The van der Waals surface area contributed by atoms with Crippen LogP contribution in [0, 0.1) is 23.7 Å². The molecular formula is C40H72N4O11. The van der Waals surface area contributed by atoms with Crippen LogP contribution in [0.5, 0.6) is 0 Å². The van der Waals surface area contributed by atoms with Gasteiger partial charge in [-0.05, 0) is 79.3 Å². The van der Waals surface area contributed by atoms with E-state index in [0.29, 0.717) is 32.4 Å². The van der Waals surface area contributed by atoms with Crippen LogP contribution in [0.4, 0.5) is 0 Å². The second-order valence-corrected chi connectivity index (χ2v) is 18.1. The molecule has 4 heterocycles. The van der Waals surface area contributed by atoms with Crippen LogP contribution in [0.25, 0.3) is 0 Å². The summed E-state index contributed by atoms with van der Waals surface area (Å²) in [4.78, 5) is 47.7. The second kappa shape index (κ2) is 18.3. The van der Waals surface area contributed by atoms with Crippen LogP contribution in [-0.4, -0.2) is 168 Å². The predicted octanol–water partition coefficient (Wildman–Crippen LogP) is 1.74. The number of hydrogen-bond donors (Lipinski definition) is 4. The fraction of sp³-hybridized carbons (Fsp3) is 0.925. The standard InChI is InChI=1S/C40H72N4O11/c1-21(2)30-37(49)44-16-14-15-27(44)36(48)43(12)20-22(3)18-39(8,50)34(55-38-31(45)28(42(10)11)17-23(4)52-38)24(5)32(25(6)35(47)41-30)54-29-19-40(9,51-13)33(46)26(7)53-29/h21-34,38,45-46,50H,14-20H2,1-13H3,(H,41,47)/t22-,23-,24+,25-,26+,27+,28+,29+,30+,31-,32+,33+,34-,38+,39-,40-/m1/s1. The molecular weight excluding hydrogens is 712 g/mol. The Kier molecular flexibility index (Phi) is 15.2. The second-order valence-electron chi connectivity index (χ2n) is 18.1. The molecule has 3 amide bonds. The SMILES string of the molecule is CO[C@]1(C)C[C@H](O[C@H]2[C@H](C)[C@@H](O[C@@H]3O[C@H](C)C[C@H](N(C)C)[C@H]3O)[C@](C)(O)C[C@@H](C)CN(C)C(=O)[C@@H]3CCCN3C(=O)[C@H](C(C)C)NC(=O)[C@@H]2C)O[C@@H](C)[C@@H]1O. The molecule has 4 saturated heterocycles. The summed E-state index contributed by atoms with van der Waals surface area (Å²) in [6.45, 7) is 17.0. The lowest BCUT2D eigenvalue weighted by molar-refractivity contribution is -0.317. The highest BCUT2D eigenvalue weighted by Gasteiger charge is 2.52. The Morgan fingerprint density at radius 1 is 0.982 bits per heavy atom. The average Bonchev–Trinajstić information content (AvgIpc) is 3.59. The van der Waals surface area contributed by atoms with Crippen molar-refractivity contribution in [2.45, 2.75) is 173 Å². The quantitative estimate of drug-likeness (QED) is 0.295. The van der Waals surface area contributed by atoms with Crippen molar-refractivity contribution in [2.24, 2.45) is 23.7 Å². The third-order valence-electron chi connectivity index (χ3n) is 12.6. The van der Waals surface area contributed by atoms with Gasteiger partial charge in [-0.25, -0.2) is 0 Å². The van der Waals surface area contributed by atoms with Crippen LogP contribution in [0.3, 0.4) is 0 Å². The van der Waals surface area contributed by atoms with Crippen molar-refractivity contribution < 1.29 is 53.4 Å². The fourth-order valence-electron chi connectivity index (χ4n) is 9.39. The molecule has 0 unspecified atom stereocenters. The van der Waals surface area contributed by atoms with E-state index in [0.717, 1.165) is 0 Å². The first kappa shape index (κ1) is 45.7. The first-order chi connectivity index (χ1) is 25.5. The number of nitrogens with one attached hydrogen (secondary N) is 1. The van der Waals surface area contributed by atoms with Crippen LogP contribution in [0.15, 0.2) is 0 Å². The molecule has 4 N–H and O–H groups in total. The summed E-state index contributed by atoms with van der Waals surface area (Å²) >= 11 is 0. The lowest BCUT2D eigenvalue weighted by Gasteiger charge is -2.49. The van der Waals surface area contributed by atoms with Crippen molar-refractivity contribution in [3.05, 3.63) is 0 Å². The van der Waals surface area contributed by atoms with Gasteiger partial charge in [0.2, 0.25) is 17.7 Å². The van der Waals surface area contributed by atoms with E-state index >= 15 is 0 Å². The molecule has 0 bridgehead atoms. The van der Waals surface area contributed by atoms with Crippen molar-refractivity contribution in [3.63, 3.8) is 0 Å². The lowest BCUT2D eigenvalue weighted by Crippen LogP contribution is -2.61. The highest BCUT2D eigenvalue weighted by atomic mass is 16.7. The van der Waals surface area contributed by atoms with Gasteiger partial charge < -0.3 is 59.0 Å². The summed E-state index contributed by atoms with van der Waals surface area (Å²) in [6, 6.07) is -1.86. The summed E-state index contributed by atoms with van der Waals surface area (Å²) in [5.41, 5.74) is -2.61. The van der Waals surface area contributed by atoms with Gasteiger partial charge >= 0.3 is 0 Å². The van der Waals surface area contributed by atoms with Crippen LogP contribution >= 0.6 is 0 Å². The number of ether oxygens (including phenoxy) is 5. The Morgan fingerprint density at radius 2 is 1.64 bits per heavy atom. The van der Waals surface area contributed by atoms with Crippen LogP contribution in [-0.2, 0) is 38.1 Å². The Bertz CT molecular complexity index is 1320. The molecule has 16 atom stereocenters. The summed E-state index contributed by atoms with van der Waals surface area (Å²) < 4.78 is 31.7. The minimum Gasteiger partial charge on any atom is -0.387 e. The maximum Gasteiger partial charge on any atom is 0.246 e. The molecule has 0 aromatic rings. The van der Waals surface area contributed by atoms with Gasteiger partial charge in [0, 0.05) is 45.6 Å². The molecule has 318 valence electrons. The number of hydrogen-bond acceptors (Lipinski definition) is 12. The molecule has 0 saturated carbocycles. The predicted molar refractivity (Wildman–Crippen MR) is 204 cm³/mol. The Morgan fingerprint density at radius 3 is 2.24 bits per heavy atom. The molecule has 4 aliphatic rings. The molecule has 0 aromatic heterocycles. The number of nitrogens with zero attached hydrogens (tertiary/aromatic N) is 3. The summed E-state index contributed by atoms with van der Waals surface area (Å²) in [7, 11) is 7.00. The highest BCUT2D eigenvalue weighted by Crippen LogP contribution is 2.39. The van der Waals surface area contributed by atoms with E-state index in [1.807, 2.05) is 53.6 Å². The summed E-state index contributed by atoms with van der Waals surface area (Å²) in [6.07, 6.45) is -4.98. The van der Waals surface area contributed by atoms with Crippen molar-refractivity contribution in [3.8, 4) is 0 Å². The van der Waals surface area contributed by atoms with Crippen LogP contribution in [0.2, 0.25) is 0 Å². The Balaban J connectivity index is 1.83. The zero-order valence-electron chi connectivity index (χ0n) is 35.6. The highest BCUT2D eigenvalue weighted by molar-refractivity contribution is 5.93. The van der Waals surface area contributed by atoms with E-state index in [-0.39, 0.29) is 48.6 Å². The molecule has 15 nitrogen and oxygen atoms in total. The van der Waals surface area contributed by atoms with Crippen molar-refractivity contribution in [2.75, 3.05) is 41.3 Å². The zero-order chi connectivity index (χ0) is 41.3. The van der Waals surface area contributed by atoms with E-state index in [1.54, 1.807) is 44.5 Å². The zero-order valence-corrected chi connectivity index (χ0v) is 35.6. The minimum atomic E-state index is -1.59. The number of rotatable bonds is 7.